The first kappa shape index (κ1) is 12.4. The van der Waals surface area contributed by atoms with E-state index in [0.717, 1.165) is 6.54 Å². The third-order valence-electron chi connectivity index (χ3n) is 1.82. The Labute approximate surface area is 85.3 Å². The van der Waals surface area contributed by atoms with Gasteiger partial charge in [-0.25, -0.2) is 0 Å². The van der Waals surface area contributed by atoms with Gasteiger partial charge < -0.3 is 10.6 Å². The molecule has 0 spiro atoms. The van der Waals surface area contributed by atoms with E-state index in [9.17, 15) is 4.79 Å². The van der Waals surface area contributed by atoms with E-state index < -0.39 is 0 Å². The molecule has 0 saturated carbocycles. The first-order valence-corrected chi connectivity index (χ1v) is 4.97. The lowest BCUT2D eigenvalue weighted by Crippen LogP contribution is -2.36. The van der Waals surface area contributed by atoms with Crippen LogP contribution in [-0.2, 0) is 4.79 Å². The van der Waals surface area contributed by atoms with E-state index in [1.54, 1.807) is 4.90 Å². The molecule has 2 N–H and O–H groups in total. The Morgan fingerprint density at radius 2 is 2.08 bits per heavy atom. The van der Waals surface area contributed by atoms with Crippen molar-refractivity contribution in [3.05, 3.63) is 0 Å². The van der Waals surface area contributed by atoms with Gasteiger partial charge in [0, 0.05) is 25.4 Å². The van der Waals surface area contributed by atoms with Gasteiger partial charge in [0.05, 0.1) is 4.99 Å². The Balaban J connectivity index is 4.02. The maximum absolute atomic E-state index is 11.5. The molecule has 0 atom stereocenters. The fraction of sp³-hybridized carbons (Fsp3) is 0.778. The van der Waals surface area contributed by atoms with Crippen molar-refractivity contribution >= 4 is 23.1 Å². The van der Waals surface area contributed by atoms with Gasteiger partial charge in [0.2, 0.25) is 5.91 Å². The highest BCUT2D eigenvalue weighted by molar-refractivity contribution is 7.80. The third kappa shape index (κ3) is 4.83. The maximum atomic E-state index is 11.5. The molecule has 4 heteroatoms. The average Bonchev–Trinajstić information content (AvgIpc) is 2.04. The van der Waals surface area contributed by atoms with Crippen molar-refractivity contribution in [2.24, 2.45) is 11.7 Å². The van der Waals surface area contributed by atoms with Crippen molar-refractivity contribution < 1.29 is 4.79 Å². The Kier molecular flexibility index (Phi) is 5.62. The highest BCUT2D eigenvalue weighted by Crippen LogP contribution is 2.01. The molecule has 0 saturated heterocycles. The van der Waals surface area contributed by atoms with Gasteiger partial charge in [-0.2, -0.15) is 0 Å². The highest BCUT2D eigenvalue weighted by atomic mass is 32.1. The smallest absolute Gasteiger partial charge is 0.225 e. The molecule has 1 amide bonds. The van der Waals surface area contributed by atoms with Crippen LogP contribution in [0.25, 0.3) is 0 Å². The Morgan fingerprint density at radius 1 is 1.54 bits per heavy atom. The minimum Gasteiger partial charge on any atom is -0.393 e. The fourth-order valence-corrected chi connectivity index (χ4v) is 1.13. The number of nitrogens with two attached hydrogens (primary N) is 1. The van der Waals surface area contributed by atoms with Gasteiger partial charge in [-0.1, -0.05) is 26.1 Å². The van der Waals surface area contributed by atoms with E-state index in [2.05, 4.69) is 0 Å². The zero-order valence-electron chi connectivity index (χ0n) is 8.54. The lowest BCUT2D eigenvalue weighted by Gasteiger charge is -2.22. The number of carbonyl (C=O) groups excluding carboxylic acids is 1. The first-order chi connectivity index (χ1) is 5.99. The summed E-state index contributed by atoms with van der Waals surface area (Å²) in [6.07, 6.45) is 0.613. The molecule has 0 bridgehead atoms. The minimum absolute atomic E-state index is 0.0475. The molecule has 0 unspecified atom stereocenters. The minimum atomic E-state index is 0.0475. The molecule has 0 aliphatic heterocycles. The summed E-state index contributed by atoms with van der Waals surface area (Å²) in [5, 5.41) is 0. The van der Waals surface area contributed by atoms with Crippen LogP contribution >= 0.6 is 12.2 Å². The van der Waals surface area contributed by atoms with Crippen LogP contribution in [0.5, 0.6) is 0 Å². The molecular weight excluding hydrogens is 184 g/mol. The van der Waals surface area contributed by atoms with Crippen molar-refractivity contribution in [1.29, 1.82) is 0 Å². The molecular formula is C9H18N2OS. The molecule has 0 radical (unpaired) electrons. The summed E-state index contributed by atoms with van der Waals surface area (Å²) < 4.78 is 0. The van der Waals surface area contributed by atoms with Crippen molar-refractivity contribution in [1.82, 2.24) is 4.90 Å². The molecule has 0 aromatic carbocycles. The average molecular weight is 202 g/mol. The molecule has 0 aliphatic carbocycles. The SMILES string of the molecule is CCN(CCC(N)=S)C(=O)C(C)C. The maximum Gasteiger partial charge on any atom is 0.225 e. The zero-order valence-corrected chi connectivity index (χ0v) is 9.36. The van der Waals surface area contributed by atoms with Gasteiger partial charge >= 0.3 is 0 Å². The van der Waals surface area contributed by atoms with Crippen LogP contribution in [-0.4, -0.2) is 28.9 Å². The predicted octanol–water partition coefficient (Wildman–Crippen LogP) is 1.17. The number of hydrogen-bond acceptors (Lipinski definition) is 2. The van der Waals surface area contributed by atoms with Crippen molar-refractivity contribution in [3.8, 4) is 0 Å². The van der Waals surface area contributed by atoms with E-state index in [0.29, 0.717) is 18.0 Å². The molecule has 0 aromatic heterocycles. The number of rotatable bonds is 5. The molecule has 0 heterocycles. The molecule has 13 heavy (non-hydrogen) atoms. The summed E-state index contributed by atoms with van der Waals surface area (Å²) in [5.74, 6) is 0.213. The zero-order chi connectivity index (χ0) is 10.4. The van der Waals surface area contributed by atoms with Crippen molar-refractivity contribution in [3.63, 3.8) is 0 Å². The van der Waals surface area contributed by atoms with E-state index >= 15 is 0 Å². The summed E-state index contributed by atoms with van der Waals surface area (Å²) in [6, 6.07) is 0. The summed E-state index contributed by atoms with van der Waals surface area (Å²) in [7, 11) is 0. The van der Waals surface area contributed by atoms with Gasteiger partial charge in [-0.05, 0) is 6.92 Å². The quantitative estimate of drug-likeness (QED) is 0.681. The lowest BCUT2D eigenvalue weighted by atomic mass is 10.2. The summed E-state index contributed by atoms with van der Waals surface area (Å²) in [5.41, 5.74) is 5.37. The second kappa shape index (κ2) is 5.91. The van der Waals surface area contributed by atoms with Gasteiger partial charge in [0.1, 0.15) is 0 Å². The van der Waals surface area contributed by atoms with E-state index in [4.69, 9.17) is 18.0 Å². The number of carbonyl (C=O) groups is 1. The number of hydrogen-bond donors (Lipinski definition) is 1. The standard InChI is InChI=1S/C9H18N2OS/c1-4-11(6-5-8(10)13)9(12)7(2)3/h7H,4-6H2,1-3H3,(H2,10,13). The molecule has 3 nitrogen and oxygen atoms in total. The van der Waals surface area contributed by atoms with Crippen LogP contribution in [0.15, 0.2) is 0 Å². The van der Waals surface area contributed by atoms with Crippen LogP contribution in [0.1, 0.15) is 27.2 Å². The van der Waals surface area contributed by atoms with Gasteiger partial charge in [-0.3, -0.25) is 4.79 Å². The van der Waals surface area contributed by atoms with E-state index in [-0.39, 0.29) is 11.8 Å². The van der Waals surface area contributed by atoms with Crippen molar-refractivity contribution in [2.75, 3.05) is 13.1 Å². The predicted molar refractivity (Wildman–Crippen MR) is 58.5 cm³/mol. The second-order valence-corrected chi connectivity index (χ2v) is 3.81. The molecule has 0 aromatic rings. The van der Waals surface area contributed by atoms with Gasteiger partial charge in [0.15, 0.2) is 0 Å². The normalized spacial score (nSPS) is 10.2. The van der Waals surface area contributed by atoms with E-state index in [1.165, 1.54) is 0 Å². The fourth-order valence-electron chi connectivity index (χ4n) is 1.03. The van der Waals surface area contributed by atoms with E-state index in [1.807, 2.05) is 20.8 Å². The molecule has 0 aliphatic rings. The molecule has 76 valence electrons. The Morgan fingerprint density at radius 3 is 2.38 bits per heavy atom. The second-order valence-electron chi connectivity index (χ2n) is 3.29. The summed E-state index contributed by atoms with van der Waals surface area (Å²) >= 11 is 4.75. The monoisotopic (exact) mass is 202 g/mol. The van der Waals surface area contributed by atoms with Crippen LogP contribution in [0.3, 0.4) is 0 Å². The Bertz CT molecular complexity index is 192. The van der Waals surface area contributed by atoms with Crippen LogP contribution < -0.4 is 5.73 Å². The van der Waals surface area contributed by atoms with Gasteiger partial charge in [-0.15, -0.1) is 0 Å². The lowest BCUT2D eigenvalue weighted by molar-refractivity contribution is -0.134. The highest BCUT2D eigenvalue weighted by Gasteiger charge is 2.14. The summed E-state index contributed by atoms with van der Waals surface area (Å²) in [4.78, 5) is 13.8. The van der Waals surface area contributed by atoms with Gasteiger partial charge in [0.25, 0.3) is 0 Å². The van der Waals surface area contributed by atoms with Crippen LogP contribution in [0, 0.1) is 5.92 Å². The molecule has 0 rings (SSSR count). The summed E-state index contributed by atoms with van der Waals surface area (Å²) in [6.45, 7) is 7.11. The number of amides is 1. The largest absolute Gasteiger partial charge is 0.393 e. The number of thiocarbonyl (C=S) groups is 1. The Hall–Kier alpha value is -0.640. The third-order valence-corrected chi connectivity index (χ3v) is 2.02. The van der Waals surface area contributed by atoms with Crippen LogP contribution in [0.2, 0.25) is 0 Å². The number of nitrogens with zero attached hydrogens (tertiary/aromatic N) is 1. The first-order valence-electron chi connectivity index (χ1n) is 4.56. The van der Waals surface area contributed by atoms with Crippen LogP contribution in [0.4, 0.5) is 0 Å². The topological polar surface area (TPSA) is 46.3 Å². The van der Waals surface area contributed by atoms with Crippen molar-refractivity contribution in [2.45, 2.75) is 27.2 Å². The molecule has 0 fully saturated rings.